The van der Waals surface area contributed by atoms with Crippen LogP contribution < -0.4 is 11.1 Å². The number of ether oxygens (including phenoxy) is 1. The number of carbonyl (C=O) groups excluding carboxylic acids is 2. The molecule has 1 aromatic heterocycles. The number of nitrogen functional groups attached to an aromatic ring is 1. The predicted octanol–water partition coefficient (Wildman–Crippen LogP) is 3.40. The van der Waals surface area contributed by atoms with Crippen LogP contribution >= 0.6 is 22.9 Å². The van der Waals surface area contributed by atoms with Gasteiger partial charge in [-0.1, -0.05) is 23.7 Å². The van der Waals surface area contributed by atoms with Gasteiger partial charge in [-0.3, -0.25) is 4.79 Å². The average Bonchev–Trinajstić information content (AvgIpc) is 2.75. The molecule has 21 heavy (non-hydrogen) atoms. The highest BCUT2D eigenvalue weighted by Crippen LogP contribution is 2.44. The number of halogens is 1. The Balaban J connectivity index is 2.60. The zero-order valence-corrected chi connectivity index (χ0v) is 13.0. The van der Waals surface area contributed by atoms with Gasteiger partial charge in [-0.05, 0) is 17.7 Å². The fourth-order valence-corrected chi connectivity index (χ4v) is 3.29. The molecule has 0 aliphatic rings. The number of benzene rings is 1. The number of hydrogen-bond donors (Lipinski definition) is 2. The first kappa shape index (κ1) is 15.3. The van der Waals surface area contributed by atoms with Crippen LogP contribution in [0.15, 0.2) is 24.3 Å². The lowest BCUT2D eigenvalue weighted by Crippen LogP contribution is -2.09. The molecule has 0 radical (unpaired) electrons. The highest BCUT2D eigenvalue weighted by Gasteiger charge is 2.24. The molecule has 0 aliphatic carbocycles. The Hall–Kier alpha value is -2.05. The standard InChI is InChI=1S/C14H13ClN2O3S/c1-7(18)17-11-10(15)12(21-13(11)14(19)20-2)8-4-3-5-9(16)6-8/h3-6H,16H2,1-2H3,(H,17,18). The van der Waals surface area contributed by atoms with Gasteiger partial charge in [0.25, 0.3) is 0 Å². The number of thiophene rings is 1. The van der Waals surface area contributed by atoms with Crippen LogP contribution in [-0.2, 0) is 9.53 Å². The first-order valence-electron chi connectivity index (χ1n) is 5.98. The van der Waals surface area contributed by atoms with E-state index >= 15 is 0 Å². The maximum Gasteiger partial charge on any atom is 0.350 e. The second-order valence-corrected chi connectivity index (χ2v) is 5.65. The van der Waals surface area contributed by atoms with Crippen molar-refractivity contribution in [1.29, 1.82) is 0 Å². The summed E-state index contributed by atoms with van der Waals surface area (Å²) in [4.78, 5) is 24.0. The summed E-state index contributed by atoms with van der Waals surface area (Å²) in [5.74, 6) is -0.875. The molecule has 2 aromatic rings. The second kappa shape index (κ2) is 6.15. The van der Waals surface area contributed by atoms with Gasteiger partial charge in [0, 0.05) is 12.6 Å². The largest absolute Gasteiger partial charge is 0.465 e. The molecule has 1 heterocycles. The van der Waals surface area contributed by atoms with Crippen LogP contribution in [-0.4, -0.2) is 19.0 Å². The van der Waals surface area contributed by atoms with Crippen LogP contribution in [0.25, 0.3) is 10.4 Å². The van der Waals surface area contributed by atoms with E-state index in [2.05, 4.69) is 5.32 Å². The van der Waals surface area contributed by atoms with E-state index in [1.807, 2.05) is 6.07 Å². The third-order valence-electron chi connectivity index (χ3n) is 2.67. The molecule has 0 fully saturated rings. The Kier molecular flexibility index (Phi) is 4.50. The first-order valence-corrected chi connectivity index (χ1v) is 7.17. The van der Waals surface area contributed by atoms with Crippen molar-refractivity contribution >= 4 is 46.2 Å². The minimum atomic E-state index is -0.555. The molecule has 0 unspecified atom stereocenters. The van der Waals surface area contributed by atoms with Crippen LogP contribution in [0.3, 0.4) is 0 Å². The van der Waals surface area contributed by atoms with Gasteiger partial charge in [0.2, 0.25) is 5.91 Å². The Morgan fingerprint density at radius 1 is 1.38 bits per heavy atom. The topological polar surface area (TPSA) is 81.4 Å². The highest BCUT2D eigenvalue weighted by atomic mass is 35.5. The summed E-state index contributed by atoms with van der Waals surface area (Å²) in [6, 6.07) is 7.11. The third-order valence-corrected chi connectivity index (χ3v) is 4.38. The summed E-state index contributed by atoms with van der Waals surface area (Å²) >= 11 is 7.45. The first-order chi connectivity index (χ1) is 9.93. The van der Waals surface area contributed by atoms with E-state index in [0.717, 1.165) is 16.9 Å². The van der Waals surface area contributed by atoms with Crippen LogP contribution in [0.5, 0.6) is 0 Å². The second-order valence-electron chi connectivity index (χ2n) is 4.25. The summed E-state index contributed by atoms with van der Waals surface area (Å²) in [7, 11) is 1.27. The highest BCUT2D eigenvalue weighted by molar-refractivity contribution is 7.18. The average molecular weight is 325 g/mol. The molecule has 5 nitrogen and oxygen atoms in total. The quantitative estimate of drug-likeness (QED) is 0.669. The van der Waals surface area contributed by atoms with Gasteiger partial charge in [-0.2, -0.15) is 0 Å². The van der Waals surface area contributed by atoms with Crippen molar-refractivity contribution in [3.05, 3.63) is 34.2 Å². The zero-order valence-electron chi connectivity index (χ0n) is 11.4. The zero-order chi connectivity index (χ0) is 15.6. The van der Waals surface area contributed by atoms with Gasteiger partial charge >= 0.3 is 5.97 Å². The van der Waals surface area contributed by atoms with Crippen LogP contribution in [0.1, 0.15) is 16.6 Å². The van der Waals surface area contributed by atoms with Crippen molar-refractivity contribution in [2.75, 3.05) is 18.2 Å². The van der Waals surface area contributed by atoms with Gasteiger partial charge in [-0.25, -0.2) is 4.79 Å². The molecule has 3 N–H and O–H groups in total. The molecule has 0 atom stereocenters. The number of carbonyl (C=O) groups is 2. The number of rotatable bonds is 3. The van der Waals surface area contributed by atoms with Gasteiger partial charge in [-0.15, -0.1) is 11.3 Å². The van der Waals surface area contributed by atoms with Crippen molar-refractivity contribution in [3.8, 4) is 10.4 Å². The van der Waals surface area contributed by atoms with Crippen LogP contribution in [0, 0.1) is 0 Å². The molecular formula is C14H13ClN2O3S. The van der Waals surface area contributed by atoms with Gasteiger partial charge in [0.1, 0.15) is 4.88 Å². The Morgan fingerprint density at radius 3 is 2.67 bits per heavy atom. The summed E-state index contributed by atoms with van der Waals surface area (Å²) in [6.45, 7) is 1.34. The van der Waals surface area contributed by atoms with E-state index in [0.29, 0.717) is 15.6 Å². The third kappa shape index (κ3) is 3.17. The molecule has 0 saturated heterocycles. The molecule has 110 valence electrons. The maximum absolute atomic E-state index is 11.8. The van der Waals surface area contributed by atoms with Crippen LogP contribution in [0.2, 0.25) is 5.02 Å². The maximum atomic E-state index is 11.8. The summed E-state index contributed by atoms with van der Waals surface area (Å²) in [6.07, 6.45) is 0. The van der Waals surface area contributed by atoms with E-state index in [1.165, 1.54) is 14.0 Å². The predicted molar refractivity (Wildman–Crippen MR) is 84.8 cm³/mol. The molecule has 2 rings (SSSR count). The van der Waals surface area contributed by atoms with E-state index in [1.54, 1.807) is 18.2 Å². The minimum Gasteiger partial charge on any atom is -0.465 e. The molecule has 1 aromatic carbocycles. The number of methoxy groups -OCH3 is 1. The summed E-state index contributed by atoms with van der Waals surface area (Å²) in [5.41, 5.74) is 7.37. The molecule has 0 saturated carbocycles. The number of esters is 1. The van der Waals surface area contributed by atoms with Crippen molar-refractivity contribution < 1.29 is 14.3 Å². The van der Waals surface area contributed by atoms with Crippen molar-refractivity contribution in [1.82, 2.24) is 0 Å². The van der Waals surface area contributed by atoms with E-state index in [-0.39, 0.29) is 16.5 Å². The monoisotopic (exact) mass is 324 g/mol. The number of amides is 1. The Morgan fingerprint density at radius 2 is 2.10 bits per heavy atom. The van der Waals surface area contributed by atoms with Crippen molar-refractivity contribution in [2.45, 2.75) is 6.92 Å². The lowest BCUT2D eigenvalue weighted by molar-refractivity contribution is -0.114. The number of hydrogen-bond acceptors (Lipinski definition) is 5. The molecule has 0 bridgehead atoms. The van der Waals surface area contributed by atoms with E-state index in [9.17, 15) is 9.59 Å². The Labute approximate surface area is 130 Å². The molecule has 0 spiro atoms. The van der Waals surface area contributed by atoms with E-state index in [4.69, 9.17) is 22.1 Å². The minimum absolute atomic E-state index is 0.245. The van der Waals surface area contributed by atoms with Crippen LogP contribution in [0.4, 0.5) is 11.4 Å². The fraction of sp³-hybridized carbons (Fsp3) is 0.143. The smallest absolute Gasteiger partial charge is 0.350 e. The van der Waals surface area contributed by atoms with Crippen molar-refractivity contribution in [3.63, 3.8) is 0 Å². The van der Waals surface area contributed by atoms with Gasteiger partial charge in [0.15, 0.2) is 0 Å². The number of nitrogens with two attached hydrogens (primary N) is 1. The summed E-state index contributed by atoms with van der Waals surface area (Å²) in [5, 5.41) is 2.86. The molecule has 0 aliphatic heterocycles. The van der Waals surface area contributed by atoms with Gasteiger partial charge in [0.05, 0.1) is 22.7 Å². The lowest BCUT2D eigenvalue weighted by Gasteiger charge is -2.03. The molecular weight excluding hydrogens is 312 g/mol. The Bertz CT molecular complexity index is 712. The SMILES string of the molecule is COC(=O)c1sc(-c2cccc(N)c2)c(Cl)c1NC(C)=O. The fourth-order valence-electron chi connectivity index (χ4n) is 1.80. The molecule has 1 amide bonds. The number of anilines is 2. The summed E-state index contributed by atoms with van der Waals surface area (Å²) < 4.78 is 4.72. The molecule has 7 heteroatoms. The number of nitrogens with one attached hydrogen (secondary N) is 1. The van der Waals surface area contributed by atoms with E-state index < -0.39 is 5.97 Å². The lowest BCUT2D eigenvalue weighted by atomic mass is 10.1. The van der Waals surface area contributed by atoms with Gasteiger partial charge < -0.3 is 15.8 Å². The normalized spacial score (nSPS) is 10.2. The van der Waals surface area contributed by atoms with Crippen molar-refractivity contribution in [2.24, 2.45) is 0 Å².